The van der Waals surface area contributed by atoms with Crippen molar-refractivity contribution in [2.24, 2.45) is 0 Å². The highest BCUT2D eigenvalue weighted by Gasteiger charge is 2.27. The maximum Gasteiger partial charge on any atom is 0.357 e. The lowest BCUT2D eigenvalue weighted by atomic mass is 10.3. The van der Waals surface area contributed by atoms with E-state index in [1.807, 2.05) is 0 Å². The monoisotopic (exact) mass is 348 g/mol. The Bertz CT molecular complexity index is 825. The molecule has 1 amide bonds. The van der Waals surface area contributed by atoms with Crippen LogP contribution >= 0.6 is 11.3 Å². The molecule has 3 rings (SSSR count). The molecule has 0 saturated heterocycles. The van der Waals surface area contributed by atoms with E-state index in [4.69, 9.17) is 4.74 Å². The first-order valence-corrected chi connectivity index (χ1v) is 8.45. The first-order chi connectivity index (χ1) is 11.6. The van der Waals surface area contributed by atoms with E-state index in [-0.39, 0.29) is 36.0 Å². The highest BCUT2D eigenvalue weighted by molar-refractivity contribution is 7.09. The van der Waals surface area contributed by atoms with E-state index < -0.39 is 11.9 Å². The molecule has 0 aliphatic heterocycles. The zero-order valence-corrected chi connectivity index (χ0v) is 13.8. The Morgan fingerprint density at radius 1 is 1.38 bits per heavy atom. The van der Waals surface area contributed by atoms with Crippen LogP contribution in [0.25, 0.3) is 0 Å². The molecule has 1 fully saturated rings. The second-order valence-corrected chi connectivity index (χ2v) is 6.26. The first-order valence-electron chi connectivity index (χ1n) is 7.57. The molecular weight excluding hydrogens is 332 g/mol. The summed E-state index contributed by atoms with van der Waals surface area (Å²) < 4.78 is 4.86. The molecular formula is C15H16N4O4S. The van der Waals surface area contributed by atoms with E-state index in [1.165, 1.54) is 17.4 Å². The van der Waals surface area contributed by atoms with Crippen LogP contribution in [0.4, 0.5) is 0 Å². The molecule has 2 aromatic heterocycles. The standard InChI is InChI=1S/C15H16N4O4S/c1-2-23-15(22)10-7-24-12(17-10)6-16-14(21)9-5-11(20)19-13(18-9)8-3-4-8/h5,7-8H,2-4,6H2,1H3,(H,16,21)(H,18,19,20). The fourth-order valence-corrected chi connectivity index (χ4v) is 2.78. The molecule has 1 saturated carbocycles. The number of rotatable bonds is 6. The molecule has 0 radical (unpaired) electrons. The van der Waals surface area contributed by atoms with Gasteiger partial charge in [0.25, 0.3) is 11.5 Å². The fourth-order valence-electron chi connectivity index (χ4n) is 2.08. The van der Waals surface area contributed by atoms with Crippen LogP contribution in [-0.4, -0.2) is 33.4 Å². The number of aromatic nitrogens is 3. The van der Waals surface area contributed by atoms with Gasteiger partial charge in [-0.05, 0) is 19.8 Å². The summed E-state index contributed by atoms with van der Waals surface area (Å²) in [4.78, 5) is 46.3. The zero-order valence-electron chi connectivity index (χ0n) is 13.0. The molecule has 1 aliphatic carbocycles. The molecule has 9 heteroatoms. The summed E-state index contributed by atoms with van der Waals surface area (Å²) >= 11 is 1.25. The van der Waals surface area contributed by atoms with Gasteiger partial charge in [0, 0.05) is 17.4 Å². The molecule has 0 atom stereocenters. The maximum absolute atomic E-state index is 12.2. The molecule has 0 spiro atoms. The van der Waals surface area contributed by atoms with Gasteiger partial charge in [0.15, 0.2) is 5.69 Å². The minimum atomic E-state index is -0.489. The third-order valence-corrected chi connectivity index (χ3v) is 4.24. The van der Waals surface area contributed by atoms with E-state index in [0.717, 1.165) is 12.8 Å². The number of H-pyrrole nitrogens is 1. The Kier molecular flexibility index (Phi) is 4.70. The van der Waals surface area contributed by atoms with E-state index in [2.05, 4.69) is 20.3 Å². The van der Waals surface area contributed by atoms with Crippen molar-refractivity contribution in [1.82, 2.24) is 20.3 Å². The van der Waals surface area contributed by atoms with Crippen LogP contribution in [0.1, 0.15) is 57.5 Å². The van der Waals surface area contributed by atoms with E-state index >= 15 is 0 Å². The Hall–Kier alpha value is -2.55. The number of carbonyl (C=O) groups is 2. The highest BCUT2D eigenvalue weighted by Crippen LogP contribution is 2.37. The van der Waals surface area contributed by atoms with E-state index in [1.54, 1.807) is 12.3 Å². The number of aromatic amines is 1. The van der Waals surface area contributed by atoms with Gasteiger partial charge in [-0.15, -0.1) is 11.3 Å². The van der Waals surface area contributed by atoms with Crippen molar-refractivity contribution in [2.75, 3.05) is 6.61 Å². The number of nitrogens with one attached hydrogen (secondary N) is 2. The molecule has 0 unspecified atom stereocenters. The van der Waals surface area contributed by atoms with Crippen LogP contribution in [0.2, 0.25) is 0 Å². The van der Waals surface area contributed by atoms with Gasteiger partial charge in [-0.2, -0.15) is 0 Å². The molecule has 0 bridgehead atoms. The van der Waals surface area contributed by atoms with Crippen molar-refractivity contribution >= 4 is 23.2 Å². The molecule has 2 aromatic rings. The predicted molar refractivity (Wildman–Crippen MR) is 86.1 cm³/mol. The van der Waals surface area contributed by atoms with Crippen LogP contribution in [-0.2, 0) is 11.3 Å². The summed E-state index contributed by atoms with van der Waals surface area (Å²) in [5.74, 6) is -0.129. The molecule has 1 aliphatic rings. The number of ether oxygens (including phenoxy) is 1. The molecule has 24 heavy (non-hydrogen) atoms. The van der Waals surface area contributed by atoms with Crippen molar-refractivity contribution in [2.45, 2.75) is 32.2 Å². The zero-order chi connectivity index (χ0) is 17.1. The summed E-state index contributed by atoms with van der Waals surface area (Å²) in [5, 5.41) is 4.80. The van der Waals surface area contributed by atoms with Gasteiger partial charge in [-0.25, -0.2) is 14.8 Å². The lowest BCUT2D eigenvalue weighted by Crippen LogP contribution is -2.26. The lowest BCUT2D eigenvalue weighted by molar-refractivity contribution is 0.0520. The highest BCUT2D eigenvalue weighted by atomic mass is 32.1. The third-order valence-electron chi connectivity index (χ3n) is 3.39. The Balaban J connectivity index is 1.63. The smallest absolute Gasteiger partial charge is 0.357 e. The number of amides is 1. The average Bonchev–Trinajstić information content (AvgIpc) is 3.30. The number of hydrogen-bond donors (Lipinski definition) is 2. The summed E-state index contributed by atoms with van der Waals surface area (Å²) in [6.07, 6.45) is 1.95. The van der Waals surface area contributed by atoms with Crippen LogP contribution in [0.3, 0.4) is 0 Å². The van der Waals surface area contributed by atoms with Crippen molar-refractivity contribution in [1.29, 1.82) is 0 Å². The molecule has 2 N–H and O–H groups in total. The topological polar surface area (TPSA) is 114 Å². The first kappa shape index (κ1) is 16.3. The van der Waals surface area contributed by atoms with Crippen molar-refractivity contribution in [3.05, 3.63) is 44.0 Å². The van der Waals surface area contributed by atoms with Gasteiger partial charge >= 0.3 is 5.97 Å². The van der Waals surface area contributed by atoms with E-state index in [9.17, 15) is 14.4 Å². The Morgan fingerprint density at radius 2 is 2.17 bits per heavy atom. The normalized spacial score (nSPS) is 13.5. The Morgan fingerprint density at radius 3 is 2.88 bits per heavy atom. The van der Waals surface area contributed by atoms with Gasteiger partial charge in [0.05, 0.1) is 13.2 Å². The average molecular weight is 348 g/mol. The molecule has 0 aromatic carbocycles. The SMILES string of the molecule is CCOC(=O)c1csc(CNC(=O)c2cc(=O)[nH]c(C3CC3)n2)n1. The van der Waals surface area contributed by atoms with Crippen molar-refractivity contribution < 1.29 is 14.3 Å². The van der Waals surface area contributed by atoms with Gasteiger partial charge < -0.3 is 15.0 Å². The van der Waals surface area contributed by atoms with Crippen LogP contribution < -0.4 is 10.9 Å². The maximum atomic E-state index is 12.2. The van der Waals surface area contributed by atoms with Gasteiger partial charge in [0.1, 0.15) is 16.5 Å². The third kappa shape index (κ3) is 3.85. The summed E-state index contributed by atoms with van der Waals surface area (Å²) in [6.45, 7) is 2.14. The summed E-state index contributed by atoms with van der Waals surface area (Å²) in [7, 11) is 0. The molecule has 126 valence electrons. The van der Waals surface area contributed by atoms with Gasteiger partial charge in [0.2, 0.25) is 0 Å². The second-order valence-electron chi connectivity index (χ2n) is 5.32. The second kappa shape index (κ2) is 6.91. The minimum absolute atomic E-state index is 0.0859. The number of thiazole rings is 1. The van der Waals surface area contributed by atoms with Crippen LogP contribution in [0.5, 0.6) is 0 Å². The summed E-state index contributed by atoms with van der Waals surface area (Å²) in [5.41, 5.74) is -0.0323. The molecule has 2 heterocycles. The summed E-state index contributed by atoms with van der Waals surface area (Å²) in [6, 6.07) is 1.17. The fraction of sp³-hybridized carbons (Fsp3) is 0.400. The minimum Gasteiger partial charge on any atom is -0.461 e. The molecule has 8 nitrogen and oxygen atoms in total. The van der Waals surface area contributed by atoms with Crippen molar-refractivity contribution in [3.8, 4) is 0 Å². The predicted octanol–water partition coefficient (Wildman–Crippen LogP) is 1.21. The van der Waals surface area contributed by atoms with E-state index in [0.29, 0.717) is 10.8 Å². The lowest BCUT2D eigenvalue weighted by Gasteiger charge is -2.04. The van der Waals surface area contributed by atoms with Crippen LogP contribution in [0.15, 0.2) is 16.2 Å². The van der Waals surface area contributed by atoms with Gasteiger partial charge in [-0.1, -0.05) is 0 Å². The van der Waals surface area contributed by atoms with Crippen molar-refractivity contribution in [3.63, 3.8) is 0 Å². The number of carbonyl (C=O) groups excluding carboxylic acids is 2. The largest absolute Gasteiger partial charge is 0.461 e. The number of nitrogens with zero attached hydrogens (tertiary/aromatic N) is 2. The van der Waals surface area contributed by atoms with Crippen LogP contribution in [0, 0.1) is 0 Å². The quantitative estimate of drug-likeness (QED) is 0.759. The van der Waals surface area contributed by atoms with Gasteiger partial charge in [-0.3, -0.25) is 9.59 Å². The number of esters is 1. The number of hydrogen-bond acceptors (Lipinski definition) is 7. The Labute approximate surface area is 141 Å².